The molecule has 3 heteroatoms. The maximum atomic E-state index is 5.73. The molecule has 1 saturated carbocycles. The van der Waals surface area contributed by atoms with Crippen molar-refractivity contribution in [2.75, 3.05) is 18.8 Å². The number of anilines is 1. The Kier molecular flexibility index (Phi) is 3.25. The Morgan fingerprint density at radius 1 is 1.17 bits per heavy atom. The zero-order valence-electron chi connectivity index (χ0n) is 11.1. The van der Waals surface area contributed by atoms with Gasteiger partial charge >= 0.3 is 0 Å². The predicted octanol–water partition coefficient (Wildman–Crippen LogP) is 2.82. The molecule has 0 atom stereocenters. The summed E-state index contributed by atoms with van der Waals surface area (Å²) in [5.41, 5.74) is 7.74. The first kappa shape index (κ1) is 12.0. The number of piperidine rings is 1. The Morgan fingerprint density at radius 3 is 2.56 bits per heavy atom. The smallest absolute Gasteiger partial charge is 0.123 e. The lowest BCUT2D eigenvalue weighted by Crippen LogP contribution is -2.38. The number of rotatable bonds is 2. The van der Waals surface area contributed by atoms with Crippen LogP contribution in [0.3, 0.4) is 0 Å². The van der Waals surface area contributed by atoms with Crippen molar-refractivity contribution in [1.29, 1.82) is 0 Å². The molecule has 2 aliphatic rings. The van der Waals surface area contributed by atoms with Crippen molar-refractivity contribution < 1.29 is 0 Å². The lowest BCUT2D eigenvalue weighted by atomic mass is 9.77. The lowest BCUT2D eigenvalue weighted by Gasteiger charge is -2.39. The van der Waals surface area contributed by atoms with Gasteiger partial charge in [0, 0.05) is 12.7 Å². The van der Waals surface area contributed by atoms with E-state index < -0.39 is 0 Å². The van der Waals surface area contributed by atoms with Crippen LogP contribution in [0.15, 0.2) is 18.3 Å². The normalized spacial score (nSPS) is 23.6. The van der Waals surface area contributed by atoms with Crippen molar-refractivity contribution >= 4 is 5.82 Å². The van der Waals surface area contributed by atoms with Crippen LogP contribution in [-0.2, 0) is 6.54 Å². The van der Waals surface area contributed by atoms with Gasteiger partial charge in [0.1, 0.15) is 5.82 Å². The second-order valence-electron chi connectivity index (χ2n) is 6.07. The van der Waals surface area contributed by atoms with E-state index in [1.54, 1.807) is 0 Å². The van der Waals surface area contributed by atoms with Gasteiger partial charge in [-0.1, -0.05) is 12.8 Å². The van der Waals surface area contributed by atoms with E-state index in [9.17, 15) is 0 Å². The largest absolute Gasteiger partial charge is 0.384 e. The highest BCUT2D eigenvalue weighted by atomic mass is 15.1. The zero-order chi connectivity index (χ0) is 12.4. The van der Waals surface area contributed by atoms with Crippen LogP contribution in [0.25, 0.3) is 0 Å². The maximum Gasteiger partial charge on any atom is 0.123 e. The third kappa shape index (κ3) is 2.51. The third-order valence-corrected chi connectivity index (χ3v) is 4.83. The molecule has 2 heterocycles. The van der Waals surface area contributed by atoms with Crippen LogP contribution >= 0.6 is 0 Å². The molecule has 98 valence electrons. The summed E-state index contributed by atoms with van der Waals surface area (Å²) < 4.78 is 0. The van der Waals surface area contributed by atoms with E-state index in [2.05, 4.69) is 16.0 Å². The van der Waals surface area contributed by atoms with Crippen molar-refractivity contribution in [2.24, 2.45) is 5.41 Å². The number of likely N-dealkylation sites (tertiary alicyclic amines) is 1. The minimum atomic E-state index is 0.636. The van der Waals surface area contributed by atoms with Crippen LogP contribution in [0.2, 0.25) is 0 Å². The van der Waals surface area contributed by atoms with E-state index in [0.717, 1.165) is 6.54 Å². The summed E-state index contributed by atoms with van der Waals surface area (Å²) in [6.45, 7) is 3.53. The molecule has 0 amide bonds. The molecule has 1 aliphatic heterocycles. The van der Waals surface area contributed by atoms with E-state index in [1.807, 2.05) is 12.3 Å². The first-order chi connectivity index (χ1) is 8.76. The van der Waals surface area contributed by atoms with Crippen molar-refractivity contribution in [3.8, 4) is 0 Å². The molecule has 3 rings (SSSR count). The molecule has 18 heavy (non-hydrogen) atoms. The van der Waals surface area contributed by atoms with Crippen LogP contribution in [0, 0.1) is 5.41 Å². The van der Waals surface area contributed by atoms with Crippen molar-refractivity contribution in [3.63, 3.8) is 0 Å². The topological polar surface area (TPSA) is 42.1 Å². The number of hydrogen-bond donors (Lipinski definition) is 1. The Hall–Kier alpha value is -1.09. The summed E-state index contributed by atoms with van der Waals surface area (Å²) >= 11 is 0. The van der Waals surface area contributed by atoms with Gasteiger partial charge in [0.15, 0.2) is 0 Å². The summed E-state index contributed by atoms with van der Waals surface area (Å²) in [5.74, 6) is 0.636. The van der Waals surface area contributed by atoms with Crippen LogP contribution in [0.5, 0.6) is 0 Å². The highest BCUT2D eigenvalue weighted by Gasteiger charge is 2.36. The quantitative estimate of drug-likeness (QED) is 0.871. The lowest BCUT2D eigenvalue weighted by molar-refractivity contribution is 0.103. The Labute approximate surface area is 109 Å². The number of hydrogen-bond acceptors (Lipinski definition) is 3. The van der Waals surface area contributed by atoms with Gasteiger partial charge in [0.2, 0.25) is 0 Å². The van der Waals surface area contributed by atoms with Crippen molar-refractivity contribution in [2.45, 2.75) is 45.1 Å². The average Bonchev–Trinajstić information content (AvgIpc) is 2.81. The standard InChI is InChI=1S/C15H23N3/c16-14-11-13(3-8-17-14)12-18-9-6-15(7-10-18)4-1-2-5-15/h3,8,11H,1-2,4-7,9-10,12H2,(H2,16,17). The molecule has 2 N–H and O–H groups in total. The Bertz CT molecular complexity index is 400. The number of aromatic nitrogens is 1. The Balaban J connectivity index is 1.57. The van der Waals surface area contributed by atoms with E-state index in [-0.39, 0.29) is 0 Å². The van der Waals surface area contributed by atoms with Gasteiger partial charge in [-0.3, -0.25) is 4.90 Å². The number of nitrogens with zero attached hydrogens (tertiary/aromatic N) is 2. The van der Waals surface area contributed by atoms with Gasteiger partial charge in [0.05, 0.1) is 0 Å². The SMILES string of the molecule is Nc1cc(CN2CCC3(CCCC3)CC2)ccn1. The van der Waals surface area contributed by atoms with Crippen molar-refractivity contribution in [1.82, 2.24) is 9.88 Å². The zero-order valence-corrected chi connectivity index (χ0v) is 11.1. The molecular formula is C15H23N3. The molecule has 2 fully saturated rings. The van der Waals surface area contributed by atoms with Crippen LogP contribution in [0.4, 0.5) is 5.82 Å². The monoisotopic (exact) mass is 245 g/mol. The molecule has 0 unspecified atom stereocenters. The summed E-state index contributed by atoms with van der Waals surface area (Å²) in [7, 11) is 0. The third-order valence-electron chi connectivity index (χ3n) is 4.83. The summed E-state index contributed by atoms with van der Waals surface area (Å²) in [6, 6.07) is 4.08. The van der Waals surface area contributed by atoms with Crippen LogP contribution in [0.1, 0.15) is 44.1 Å². The molecule has 3 nitrogen and oxygen atoms in total. The van der Waals surface area contributed by atoms with Gasteiger partial charge in [-0.05, 0) is 61.9 Å². The fourth-order valence-electron chi connectivity index (χ4n) is 3.66. The molecule has 1 aliphatic carbocycles. The van der Waals surface area contributed by atoms with Gasteiger partial charge in [-0.15, -0.1) is 0 Å². The van der Waals surface area contributed by atoms with E-state index in [1.165, 1.54) is 57.2 Å². The molecule has 1 aromatic rings. The minimum absolute atomic E-state index is 0.636. The van der Waals surface area contributed by atoms with E-state index in [4.69, 9.17) is 5.73 Å². The van der Waals surface area contributed by atoms with Gasteiger partial charge < -0.3 is 5.73 Å². The number of nitrogens with two attached hydrogens (primary N) is 1. The predicted molar refractivity (Wildman–Crippen MR) is 74.1 cm³/mol. The molecule has 0 aromatic carbocycles. The fourth-order valence-corrected chi connectivity index (χ4v) is 3.66. The summed E-state index contributed by atoms with van der Waals surface area (Å²) in [4.78, 5) is 6.62. The molecule has 1 aromatic heterocycles. The average molecular weight is 245 g/mol. The van der Waals surface area contributed by atoms with E-state index in [0.29, 0.717) is 11.2 Å². The first-order valence-corrected chi connectivity index (χ1v) is 7.19. The molecule has 0 bridgehead atoms. The van der Waals surface area contributed by atoms with Gasteiger partial charge in [0.25, 0.3) is 0 Å². The second kappa shape index (κ2) is 4.88. The van der Waals surface area contributed by atoms with Gasteiger partial charge in [-0.25, -0.2) is 4.98 Å². The Morgan fingerprint density at radius 2 is 1.89 bits per heavy atom. The maximum absolute atomic E-state index is 5.73. The van der Waals surface area contributed by atoms with E-state index >= 15 is 0 Å². The highest BCUT2D eigenvalue weighted by Crippen LogP contribution is 2.46. The highest BCUT2D eigenvalue weighted by molar-refractivity contribution is 5.31. The van der Waals surface area contributed by atoms with Crippen LogP contribution in [-0.4, -0.2) is 23.0 Å². The molecule has 1 spiro atoms. The summed E-state index contributed by atoms with van der Waals surface area (Å²) in [5, 5.41) is 0. The second-order valence-corrected chi connectivity index (χ2v) is 6.07. The number of nitrogen functional groups attached to an aromatic ring is 1. The van der Waals surface area contributed by atoms with Crippen molar-refractivity contribution in [3.05, 3.63) is 23.9 Å². The fraction of sp³-hybridized carbons (Fsp3) is 0.667. The minimum Gasteiger partial charge on any atom is -0.384 e. The number of pyridine rings is 1. The first-order valence-electron chi connectivity index (χ1n) is 7.19. The molecule has 1 saturated heterocycles. The molecular weight excluding hydrogens is 222 g/mol. The van der Waals surface area contributed by atoms with Crippen LogP contribution < -0.4 is 5.73 Å². The summed E-state index contributed by atoms with van der Waals surface area (Å²) in [6.07, 6.45) is 10.5. The molecule has 0 radical (unpaired) electrons. The van der Waals surface area contributed by atoms with Gasteiger partial charge in [-0.2, -0.15) is 0 Å².